The van der Waals surface area contributed by atoms with Crippen LogP contribution in [-0.2, 0) is 9.53 Å². The van der Waals surface area contributed by atoms with Crippen LogP contribution in [0.1, 0.15) is 12.6 Å². The van der Waals surface area contributed by atoms with Crippen molar-refractivity contribution in [3.05, 3.63) is 12.7 Å². The molecule has 2 aromatic heterocycles. The lowest BCUT2D eigenvalue weighted by molar-refractivity contribution is -0.125. The second-order valence-corrected chi connectivity index (χ2v) is 6.17. The van der Waals surface area contributed by atoms with Gasteiger partial charge >= 0.3 is 0 Å². The SMILES string of the molecule is Nc1ncnc2c1ncn2[C@@H]1O[C@H](CNC(=O)[C@@H]2CCN2)[C@@H](O)[C@H]1O. The molecular weight excluding hydrogens is 330 g/mol. The zero-order valence-corrected chi connectivity index (χ0v) is 13.2. The summed E-state index contributed by atoms with van der Waals surface area (Å²) in [4.78, 5) is 24.0. The predicted octanol–water partition coefficient (Wildman–Crippen LogP) is -2.49. The van der Waals surface area contributed by atoms with Crippen LogP contribution in [0.3, 0.4) is 0 Å². The largest absolute Gasteiger partial charge is 0.387 e. The van der Waals surface area contributed by atoms with E-state index in [0.717, 1.165) is 13.0 Å². The number of nitrogens with one attached hydrogen (secondary N) is 2. The highest BCUT2D eigenvalue weighted by atomic mass is 16.6. The van der Waals surface area contributed by atoms with Crippen LogP contribution < -0.4 is 16.4 Å². The fourth-order valence-corrected chi connectivity index (χ4v) is 3.02. The van der Waals surface area contributed by atoms with Crippen molar-refractivity contribution < 1.29 is 19.7 Å². The molecule has 6 N–H and O–H groups in total. The first-order valence-corrected chi connectivity index (χ1v) is 8.02. The van der Waals surface area contributed by atoms with Crippen molar-refractivity contribution >= 4 is 22.9 Å². The van der Waals surface area contributed by atoms with Crippen LogP contribution in [0.4, 0.5) is 5.82 Å². The standard InChI is InChI=1S/C14H19N7O4/c15-11-8-12(19-4-18-11)21(5-20-8)14-10(23)9(22)7(25-14)3-17-13(24)6-1-2-16-6/h4-7,9-10,14,16,22-23H,1-3H2,(H,17,24)(H2,15,18,19)/t6-,7+,9+,10+,14+/m0/s1. The van der Waals surface area contributed by atoms with Gasteiger partial charge in [-0.15, -0.1) is 0 Å². The summed E-state index contributed by atoms with van der Waals surface area (Å²) in [6.07, 6.45) is -0.493. The molecule has 0 radical (unpaired) electrons. The molecule has 0 saturated carbocycles. The summed E-state index contributed by atoms with van der Waals surface area (Å²) in [6.45, 7) is 0.912. The van der Waals surface area contributed by atoms with E-state index >= 15 is 0 Å². The molecule has 2 fully saturated rings. The minimum atomic E-state index is -1.20. The number of aliphatic hydroxyl groups is 2. The van der Waals surface area contributed by atoms with Gasteiger partial charge in [-0.1, -0.05) is 0 Å². The molecule has 5 atom stereocenters. The monoisotopic (exact) mass is 349 g/mol. The summed E-state index contributed by atoms with van der Waals surface area (Å²) >= 11 is 0. The van der Waals surface area contributed by atoms with Gasteiger partial charge < -0.3 is 31.3 Å². The first-order chi connectivity index (χ1) is 12.1. The summed E-state index contributed by atoms with van der Waals surface area (Å²) in [7, 11) is 0. The third kappa shape index (κ3) is 2.70. The first kappa shape index (κ1) is 16.1. The number of hydrogen-bond donors (Lipinski definition) is 5. The number of nitrogens with two attached hydrogens (primary N) is 1. The van der Waals surface area contributed by atoms with Crippen molar-refractivity contribution in [3.63, 3.8) is 0 Å². The zero-order valence-electron chi connectivity index (χ0n) is 13.2. The number of ether oxygens (including phenoxy) is 1. The number of rotatable bonds is 4. The Morgan fingerprint density at radius 1 is 1.40 bits per heavy atom. The van der Waals surface area contributed by atoms with Crippen LogP contribution in [0.25, 0.3) is 11.2 Å². The van der Waals surface area contributed by atoms with Gasteiger partial charge in [0.15, 0.2) is 17.7 Å². The number of nitrogen functional groups attached to an aromatic ring is 1. The number of aliphatic hydroxyl groups excluding tert-OH is 2. The molecule has 0 bridgehead atoms. The molecule has 2 aliphatic rings. The molecule has 0 aliphatic carbocycles. The smallest absolute Gasteiger partial charge is 0.237 e. The van der Waals surface area contributed by atoms with E-state index in [2.05, 4.69) is 25.6 Å². The summed E-state index contributed by atoms with van der Waals surface area (Å²) in [5, 5.41) is 26.3. The second-order valence-electron chi connectivity index (χ2n) is 6.17. The number of amides is 1. The highest BCUT2D eigenvalue weighted by Gasteiger charge is 2.44. The topological polar surface area (TPSA) is 160 Å². The summed E-state index contributed by atoms with van der Waals surface area (Å²) < 4.78 is 7.24. The Bertz CT molecular complexity index is 793. The highest BCUT2D eigenvalue weighted by Crippen LogP contribution is 2.31. The van der Waals surface area contributed by atoms with Gasteiger partial charge in [-0.25, -0.2) is 15.0 Å². The van der Waals surface area contributed by atoms with Crippen molar-refractivity contribution in [1.29, 1.82) is 0 Å². The fraction of sp³-hybridized carbons (Fsp3) is 0.571. The van der Waals surface area contributed by atoms with Crippen LogP contribution in [-0.4, -0.2) is 73.1 Å². The normalized spacial score (nSPS) is 31.8. The number of carbonyl (C=O) groups is 1. The van der Waals surface area contributed by atoms with Crippen molar-refractivity contribution in [2.75, 3.05) is 18.8 Å². The summed E-state index contributed by atoms with van der Waals surface area (Å²) in [5.41, 5.74) is 6.54. The van der Waals surface area contributed by atoms with Gasteiger partial charge in [0, 0.05) is 6.54 Å². The van der Waals surface area contributed by atoms with Gasteiger partial charge in [0.2, 0.25) is 5.91 Å². The Kier molecular flexibility index (Phi) is 4.00. The second kappa shape index (κ2) is 6.19. The minimum absolute atomic E-state index is 0.0928. The number of hydrogen-bond acceptors (Lipinski definition) is 9. The quantitative estimate of drug-likeness (QED) is 0.402. The molecule has 11 heteroatoms. The van der Waals surface area contributed by atoms with Gasteiger partial charge in [-0.3, -0.25) is 9.36 Å². The number of imidazole rings is 1. The highest BCUT2D eigenvalue weighted by molar-refractivity contribution is 5.82. The van der Waals surface area contributed by atoms with E-state index in [9.17, 15) is 15.0 Å². The molecule has 1 amide bonds. The van der Waals surface area contributed by atoms with Crippen molar-refractivity contribution in [2.45, 2.75) is 37.0 Å². The molecule has 2 aliphatic heterocycles. The van der Waals surface area contributed by atoms with Crippen LogP contribution in [0.2, 0.25) is 0 Å². The molecule has 2 saturated heterocycles. The van der Waals surface area contributed by atoms with Crippen LogP contribution >= 0.6 is 0 Å². The Morgan fingerprint density at radius 2 is 2.20 bits per heavy atom. The van der Waals surface area contributed by atoms with E-state index in [1.54, 1.807) is 0 Å². The average Bonchev–Trinajstić information content (AvgIpc) is 3.08. The van der Waals surface area contributed by atoms with E-state index in [-0.39, 0.29) is 24.3 Å². The summed E-state index contributed by atoms with van der Waals surface area (Å²) in [6, 6.07) is -0.198. The molecule has 0 aromatic carbocycles. The van der Waals surface area contributed by atoms with E-state index in [4.69, 9.17) is 10.5 Å². The van der Waals surface area contributed by atoms with Crippen LogP contribution in [0, 0.1) is 0 Å². The van der Waals surface area contributed by atoms with Gasteiger partial charge in [0.1, 0.15) is 30.2 Å². The first-order valence-electron chi connectivity index (χ1n) is 8.02. The molecule has 134 valence electrons. The Hall–Kier alpha value is -2.34. The average molecular weight is 349 g/mol. The fourth-order valence-electron chi connectivity index (χ4n) is 3.02. The van der Waals surface area contributed by atoms with Gasteiger partial charge in [-0.2, -0.15) is 0 Å². The molecule has 2 aromatic rings. The van der Waals surface area contributed by atoms with E-state index < -0.39 is 24.5 Å². The van der Waals surface area contributed by atoms with E-state index in [0.29, 0.717) is 11.2 Å². The lowest BCUT2D eigenvalue weighted by Gasteiger charge is -2.27. The Balaban J connectivity index is 1.49. The zero-order chi connectivity index (χ0) is 17.6. The maximum absolute atomic E-state index is 11.9. The Morgan fingerprint density at radius 3 is 2.92 bits per heavy atom. The van der Waals surface area contributed by atoms with E-state index in [1.165, 1.54) is 17.2 Å². The van der Waals surface area contributed by atoms with Crippen molar-refractivity contribution in [1.82, 2.24) is 30.2 Å². The molecule has 11 nitrogen and oxygen atoms in total. The number of anilines is 1. The number of aromatic nitrogens is 4. The minimum Gasteiger partial charge on any atom is -0.387 e. The maximum Gasteiger partial charge on any atom is 0.237 e. The van der Waals surface area contributed by atoms with E-state index in [1.807, 2.05) is 0 Å². The lowest BCUT2D eigenvalue weighted by Crippen LogP contribution is -2.54. The summed E-state index contributed by atoms with van der Waals surface area (Å²) in [5.74, 6) is 0.0715. The van der Waals surface area contributed by atoms with Gasteiger partial charge in [0.25, 0.3) is 0 Å². The van der Waals surface area contributed by atoms with Crippen molar-refractivity contribution in [2.24, 2.45) is 0 Å². The maximum atomic E-state index is 11.9. The lowest BCUT2D eigenvalue weighted by atomic mass is 10.1. The van der Waals surface area contributed by atoms with Gasteiger partial charge in [0.05, 0.1) is 12.4 Å². The molecule has 4 heterocycles. The molecule has 0 unspecified atom stereocenters. The van der Waals surface area contributed by atoms with Crippen molar-refractivity contribution in [3.8, 4) is 0 Å². The third-order valence-electron chi connectivity index (χ3n) is 4.62. The molecule has 4 rings (SSSR count). The Labute approximate surface area is 142 Å². The predicted molar refractivity (Wildman–Crippen MR) is 85.1 cm³/mol. The molecular formula is C14H19N7O4. The number of carbonyl (C=O) groups excluding carboxylic acids is 1. The van der Waals surface area contributed by atoms with Crippen LogP contribution in [0.5, 0.6) is 0 Å². The third-order valence-corrected chi connectivity index (χ3v) is 4.62. The van der Waals surface area contributed by atoms with Gasteiger partial charge in [-0.05, 0) is 13.0 Å². The van der Waals surface area contributed by atoms with Crippen LogP contribution in [0.15, 0.2) is 12.7 Å². The number of fused-ring (bicyclic) bond motifs is 1. The number of nitrogens with zero attached hydrogens (tertiary/aromatic N) is 4. The molecule has 25 heavy (non-hydrogen) atoms. The molecule has 0 spiro atoms.